The van der Waals surface area contributed by atoms with E-state index in [1.54, 1.807) is 36.5 Å². The standard InChI is InChI=1S/C24H26ClFN4O3/c25-21-14-19(6-7-22(21)33-16-17-3-1-4-18(26)13-17)29-23-8-9-28-24(30-23)32-11-2-5-20-15-27-10-12-31-20/h1,3-4,6-9,13-14,20,27H,2,5,10-12,15-16H2,(H,28,29,30). The fourth-order valence-corrected chi connectivity index (χ4v) is 3.63. The number of anilines is 2. The van der Waals surface area contributed by atoms with Gasteiger partial charge in [0.15, 0.2) is 0 Å². The molecule has 1 aliphatic rings. The highest BCUT2D eigenvalue weighted by molar-refractivity contribution is 6.32. The predicted molar refractivity (Wildman–Crippen MR) is 125 cm³/mol. The largest absolute Gasteiger partial charge is 0.487 e. The molecule has 0 aliphatic carbocycles. The lowest BCUT2D eigenvalue weighted by molar-refractivity contribution is 0.0202. The first kappa shape index (κ1) is 23.2. The molecule has 3 aromatic rings. The first-order chi connectivity index (χ1) is 16.2. The molecule has 0 bridgehead atoms. The van der Waals surface area contributed by atoms with Crippen LogP contribution in [0.4, 0.5) is 15.9 Å². The Labute approximate surface area is 197 Å². The molecule has 7 nitrogen and oxygen atoms in total. The summed E-state index contributed by atoms with van der Waals surface area (Å²) in [5.74, 6) is 0.796. The van der Waals surface area contributed by atoms with Gasteiger partial charge in [-0.25, -0.2) is 9.37 Å². The van der Waals surface area contributed by atoms with E-state index >= 15 is 0 Å². The van der Waals surface area contributed by atoms with Crippen LogP contribution in [0.15, 0.2) is 54.7 Å². The molecular formula is C24H26ClFN4O3. The third-order valence-electron chi connectivity index (χ3n) is 5.03. The molecule has 174 valence electrons. The van der Waals surface area contributed by atoms with E-state index in [1.807, 2.05) is 6.07 Å². The average molecular weight is 473 g/mol. The fourth-order valence-electron chi connectivity index (χ4n) is 3.39. The summed E-state index contributed by atoms with van der Waals surface area (Å²) in [6.45, 7) is 3.29. The molecule has 2 N–H and O–H groups in total. The van der Waals surface area contributed by atoms with Crippen LogP contribution in [0.25, 0.3) is 0 Å². The van der Waals surface area contributed by atoms with Crippen LogP contribution in [-0.4, -0.2) is 42.4 Å². The molecule has 0 saturated carbocycles. The van der Waals surface area contributed by atoms with Crippen LogP contribution in [0.5, 0.6) is 11.8 Å². The zero-order valence-corrected chi connectivity index (χ0v) is 18.9. The third kappa shape index (κ3) is 7.28. The maximum atomic E-state index is 13.3. The van der Waals surface area contributed by atoms with Crippen molar-refractivity contribution in [2.45, 2.75) is 25.6 Å². The number of hydrogen-bond donors (Lipinski definition) is 2. The van der Waals surface area contributed by atoms with Gasteiger partial charge in [0.2, 0.25) is 0 Å². The van der Waals surface area contributed by atoms with E-state index in [9.17, 15) is 4.39 Å². The molecule has 9 heteroatoms. The Morgan fingerprint density at radius 3 is 2.94 bits per heavy atom. The summed E-state index contributed by atoms with van der Waals surface area (Å²) in [7, 11) is 0. The second-order valence-electron chi connectivity index (χ2n) is 7.60. The highest BCUT2D eigenvalue weighted by atomic mass is 35.5. The molecule has 33 heavy (non-hydrogen) atoms. The average Bonchev–Trinajstić information content (AvgIpc) is 2.82. The van der Waals surface area contributed by atoms with Crippen LogP contribution in [0.2, 0.25) is 5.02 Å². The summed E-state index contributed by atoms with van der Waals surface area (Å²) >= 11 is 6.36. The van der Waals surface area contributed by atoms with Gasteiger partial charge in [0.25, 0.3) is 0 Å². The van der Waals surface area contributed by atoms with E-state index in [-0.39, 0.29) is 18.5 Å². The summed E-state index contributed by atoms with van der Waals surface area (Å²) in [6.07, 6.45) is 3.66. The van der Waals surface area contributed by atoms with Crippen molar-refractivity contribution >= 4 is 23.1 Å². The van der Waals surface area contributed by atoms with E-state index in [1.165, 1.54) is 12.1 Å². The molecule has 0 radical (unpaired) electrons. The van der Waals surface area contributed by atoms with Crippen molar-refractivity contribution < 1.29 is 18.6 Å². The van der Waals surface area contributed by atoms with Gasteiger partial charge in [-0.2, -0.15) is 4.98 Å². The quantitative estimate of drug-likeness (QED) is 0.413. The molecule has 1 aromatic heterocycles. The van der Waals surface area contributed by atoms with Crippen LogP contribution in [0.3, 0.4) is 0 Å². The van der Waals surface area contributed by atoms with Crippen molar-refractivity contribution in [1.29, 1.82) is 0 Å². The SMILES string of the molecule is Fc1cccc(COc2ccc(Nc3ccnc(OCCCC4CNCCO4)n3)cc2Cl)c1. The number of ether oxygens (including phenoxy) is 3. The van der Waals surface area contributed by atoms with Crippen molar-refractivity contribution in [3.8, 4) is 11.8 Å². The van der Waals surface area contributed by atoms with Crippen LogP contribution >= 0.6 is 11.6 Å². The Bertz CT molecular complexity index is 1050. The monoisotopic (exact) mass is 472 g/mol. The third-order valence-corrected chi connectivity index (χ3v) is 5.32. The maximum Gasteiger partial charge on any atom is 0.318 e. The minimum Gasteiger partial charge on any atom is -0.487 e. The Kier molecular flexibility index (Phi) is 8.30. The van der Waals surface area contributed by atoms with Crippen LogP contribution in [-0.2, 0) is 11.3 Å². The number of hydrogen-bond acceptors (Lipinski definition) is 7. The molecule has 0 amide bonds. The summed E-state index contributed by atoms with van der Waals surface area (Å²) in [5, 5.41) is 6.94. The second kappa shape index (κ2) is 11.8. The Balaban J connectivity index is 1.27. The number of nitrogens with zero attached hydrogens (tertiary/aromatic N) is 2. The predicted octanol–water partition coefficient (Wildman–Crippen LogP) is 4.74. The summed E-state index contributed by atoms with van der Waals surface area (Å²) in [6, 6.07) is 13.6. The number of nitrogens with one attached hydrogen (secondary N) is 2. The van der Waals surface area contributed by atoms with Crippen LogP contribution in [0, 0.1) is 5.82 Å². The maximum absolute atomic E-state index is 13.3. The van der Waals surface area contributed by atoms with E-state index < -0.39 is 0 Å². The lowest BCUT2D eigenvalue weighted by atomic mass is 10.2. The van der Waals surface area contributed by atoms with Crippen molar-refractivity contribution in [1.82, 2.24) is 15.3 Å². The molecule has 1 saturated heterocycles. The number of morpholine rings is 1. The van der Waals surface area contributed by atoms with Gasteiger partial charge in [0.05, 0.1) is 24.3 Å². The van der Waals surface area contributed by atoms with Gasteiger partial charge < -0.3 is 24.8 Å². The number of aromatic nitrogens is 2. The van der Waals surface area contributed by atoms with Gasteiger partial charge in [0.1, 0.15) is 24.0 Å². The van der Waals surface area contributed by atoms with Gasteiger partial charge in [0, 0.05) is 25.0 Å². The Hall–Kier alpha value is -2.94. The normalized spacial score (nSPS) is 15.8. The zero-order chi connectivity index (χ0) is 22.9. The zero-order valence-electron chi connectivity index (χ0n) is 18.1. The minimum atomic E-state index is -0.300. The first-order valence-electron chi connectivity index (χ1n) is 10.9. The highest BCUT2D eigenvalue weighted by Crippen LogP contribution is 2.29. The molecular weight excluding hydrogens is 447 g/mol. The lowest BCUT2D eigenvalue weighted by Gasteiger charge is -2.23. The Morgan fingerprint density at radius 1 is 1.18 bits per heavy atom. The van der Waals surface area contributed by atoms with E-state index in [0.29, 0.717) is 29.2 Å². The summed E-state index contributed by atoms with van der Waals surface area (Å²) < 4.78 is 30.4. The molecule has 1 atom stereocenters. The number of halogens is 2. The smallest absolute Gasteiger partial charge is 0.318 e. The highest BCUT2D eigenvalue weighted by Gasteiger charge is 2.13. The molecule has 2 aromatic carbocycles. The topological polar surface area (TPSA) is 77.5 Å². The number of benzene rings is 2. The van der Waals surface area contributed by atoms with Gasteiger partial charge in [-0.05, 0) is 54.8 Å². The van der Waals surface area contributed by atoms with Gasteiger partial charge in [-0.3, -0.25) is 0 Å². The van der Waals surface area contributed by atoms with Gasteiger partial charge in [-0.15, -0.1) is 0 Å². The summed E-state index contributed by atoms with van der Waals surface area (Å²) in [4.78, 5) is 8.56. The van der Waals surface area contributed by atoms with Crippen molar-refractivity contribution in [2.24, 2.45) is 0 Å². The van der Waals surface area contributed by atoms with Crippen LogP contribution < -0.4 is 20.1 Å². The summed E-state index contributed by atoms with van der Waals surface area (Å²) in [5.41, 5.74) is 1.47. The second-order valence-corrected chi connectivity index (χ2v) is 8.01. The lowest BCUT2D eigenvalue weighted by Crippen LogP contribution is -2.38. The van der Waals surface area contributed by atoms with E-state index in [0.717, 1.165) is 43.8 Å². The molecule has 0 spiro atoms. The van der Waals surface area contributed by atoms with Gasteiger partial charge >= 0.3 is 6.01 Å². The number of rotatable bonds is 10. The molecule has 1 fully saturated rings. The molecule has 1 unspecified atom stereocenters. The van der Waals surface area contributed by atoms with Gasteiger partial charge in [-0.1, -0.05) is 23.7 Å². The van der Waals surface area contributed by atoms with E-state index in [2.05, 4.69) is 20.6 Å². The van der Waals surface area contributed by atoms with Crippen LogP contribution in [0.1, 0.15) is 18.4 Å². The molecule has 2 heterocycles. The van der Waals surface area contributed by atoms with Crippen molar-refractivity contribution in [3.05, 3.63) is 71.1 Å². The van der Waals surface area contributed by atoms with E-state index in [4.69, 9.17) is 25.8 Å². The van der Waals surface area contributed by atoms with Crippen molar-refractivity contribution in [2.75, 3.05) is 31.6 Å². The Morgan fingerprint density at radius 2 is 2.12 bits per heavy atom. The minimum absolute atomic E-state index is 0.222. The first-order valence-corrected chi connectivity index (χ1v) is 11.3. The fraction of sp³-hybridized carbons (Fsp3) is 0.333. The molecule has 1 aliphatic heterocycles. The van der Waals surface area contributed by atoms with Crippen molar-refractivity contribution in [3.63, 3.8) is 0 Å². The molecule has 4 rings (SSSR count).